The number of rotatable bonds is 52. The quantitative estimate of drug-likeness (QED) is 0.0346. The van der Waals surface area contributed by atoms with Crippen LogP contribution < -0.4 is 0 Å². The van der Waals surface area contributed by atoms with Crippen molar-refractivity contribution in [1.29, 1.82) is 0 Å². The Morgan fingerprint density at radius 1 is 0.348 bits per heavy atom. The molecule has 0 N–H and O–H groups in total. The summed E-state index contributed by atoms with van der Waals surface area (Å²) in [5.74, 6) is -0.466. The standard InChI is InChI=1S/C61H108O5/c1-4-7-10-13-16-19-22-25-27-29-30-31-33-35-38-41-44-47-50-53-56-64-57-59(66-61(63)55-52-49-46-43-40-36-24-21-18-15-12-9-6-3)58-65-60(62)54-51-48-45-42-39-37-34-32-28-26-23-20-17-14-11-8-5-2/h8,11,17,20-21,24,26,28,34,37,42,45,59H,4-7,9-10,12-16,18-19,22-23,25,27,29-33,35-36,38-41,43-44,46-58H2,1-3H3/b11-8-,20-17-,24-21-,28-26-,37-34-,45-42-. The van der Waals surface area contributed by atoms with Crippen LogP contribution >= 0.6 is 0 Å². The molecular weight excluding hydrogens is 813 g/mol. The first-order valence-electron chi connectivity index (χ1n) is 28.5. The maximum absolute atomic E-state index is 12.8. The lowest BCUT2D eigenvalue weighted by Crippen LogP contribution is -2.30. The molecule has 0 aromatic rings. The molecular formula is C61H108O5. The predicted molar refractivity (Wildman–Crippen MR) is 288 cm³/mol. The first-order chi connectivity index (χ1) is 32.6. The fourth-order valence-corrected chi connectivity index (χ4v) is 8.01. The van der Waals surface area contributed by atoms with Crippen molar-refractivity contribution in [2.24, 2.45) is 0 Å². The van der Waals surface area contributed by atoms with Crippen LogP contribution in [0.4, 0.5) is 0 Å². The Kier molecular flexibility index (Phi) is 54.4. The van der Waals surface area contributed by atoms with E-state index in [9.17, 15) is 9.59 Å². The number of ether oxygens (including phenoxy) is 3. The third kappa shape index (κ3) is 54.0. The molecule has 0 amide bonds. The van der Waals surface area contributed by atoms with E-state index in [-0.39, 0.29) is 25.2 Å². The SMILES string of the molecule is CC/C=C\C/C=C\C/C=C\C/C=C\C/C=C\CCCC(=O)OCC(COCCCCCCCCCCCCCCCCCCCCCC)OC(=O)CCCCCCC/C=C\CCCCCC. The van der Waals surface area contributed by atoms with E-state index in [0.717, 1.165) is 83.5 Å². The van der Waals surface area contributed by atoms with Crippen LogP contribution in [0.3, 0.4) is 0 Å². The molecule has 1 unspecified atom stereocenters. The molecule has 0 spiro atoms. The summed E-state index contributed by atoms with van der Waals surface area (Å²) < 4.78 is 17.4. The molecule has 0 bridgehead atoms. The average molecular weight is 922 g/mol. The van der Waals surface area contributed by atoms with Crippen LogP contribution in [-0.2, 0) is 23.8 Å². The van der Waals surface area contributed by atoms with Crippen molar-refractivity contribution < 1.29 is 23.8 Å². The zero-order valence-electron chi connectivity index (χ0n) is 44.0. The van der Waals surface area contributed by atoms with E-state index >= 15 is 0 Å². The minimum atomic E-state index is -0.564. The third-order valence-electron chi connectivity index (χ3n) is 12.2. The van der Waals surface area contributed by atoms with Crippen molar-refractivity contribution in [1.82, 2.24) is 0 Å². The summed E-state index contributed by atoms with van der Waals surface area (Å²) in [6, 6.07) is 0. The maximum atomic E-state index is 12.8. The largest absolute Gasteiger partial charge is 0.462 e. The second kappa shape index (κ2) is 56.7. The highest BCUT2D eigenvalue weighted by molar-refractivity contribution is 5.70. The van der Waals surface area contributed by atoms with Gasteiger partial charge in [0.25, 0.3) is 0 Å². The van der Waals surface area contributed by atoms with Crippen molar-refractivity contribution in [2.45, 2.75) is 284 Å². The molecule has 0 saturated heterocycles. The molecule has 0 aliphatic carbocycles. The minimum Gasteiger partial charge on any atom is -0.462 e. The van der Waals surface area contributed by atoms with Crippen LogP contribution in [-0.4, -0.2) is 37.9 Å². The molecule has 0 aliphatic rings. The van der Waals surface area contributed by atoms with Gasteiger partial charge in [0.1, 0.15) is 6.61 Å². The van der Waals surface area contributed by atoms with Gasteiger partial charge in [0, 0.05) is 19.4 Å². The Bertz CT molecular complexity index is 1180. The highest BCUT2D eigenvalue weighted by atomic mass is 16.6. The highest BCUT2D eigenvalue weighted by Gasteiger charge is 2.17. The number of unbranched alkanes of at least 4 members (excludes halogenated alkanes) is 29. The smallest absolute Gasteiger partial charge is 0.306 e. The molecule has 0 aromatic carbocycles. The van der Waals surface area contributed by atoms with Gasteiger partial charge < -0.3 is 14.2 Å². The van der Waals surface area contributed by atoms with Crippen LogP contribution in [0.5, 0.6) is 0 Å². The molecule has 0 heterocycles. The first kappa shape index (κ1) is 63.3. The van der Waals surface area contributed by atoms with Gasteiger partial charge in [0.15, 0.2) is 6.10 Å². The minimum absolute atomic E-state index is 0.0532. The molecule has 0 saturated carbocycles. The Balaban J connectivity index is 4.30. The molecule has 0 aliphatic heterocycles. The first-order valence-corrected chi connectivity index (χ1v) is 28.5. The van der Waals surface area contributed by atoms with Crippen molar-refractivity contribution in [3.63, 3.8) is 0 Å². The fourth-order valence-electron chi connectivity index (χ4n) is 8.01. The summed E-state index contributed by atoms with van der Waals surface area (Å²) >= 11 is 0. The number of hydrogen-bond donors (Lipinski definition) is 0. The van der Waals surface area contributed by atoms with E-state index in [4.69, 9.17) is 14.2 Å². The van der Waals surface area contributed by atoms with Crippen molar-refractivity contribution in [3.8, 4) is 0 Å². The third-order valence-corrected chi connectivity index (χ3v) is 12.2. The molecule has 0 fully saturated rings. The number of allylic oxidation sites excluding steroid dienone is 12. The molecule has 0 aromatic heterocycles. The Morgan fingerprint density at radius 2 is 0.697 bits per heavy atom. The summed E-state index contributed by atoms with van der Waals surface area (Å²) in [6.45, 7) is 7.67. The van der Waals surface area contributed by atoms with Gasteiger partial charge in [-0.3, -0.25) is 9.59 Å². The van der Waals surface area contributed by atoms with Crippen LogP contribution in [0.25, 0.3) is 0 Å². The number of esters is 2. The topological polar surface area (TPSA) is 61.8 Å². The van der Waals surface area contributed by atoms with Crippen molar-refractivity contribution >= 4 is 11.9 Å². The predicted octanol–water partition coefficient (Wildman–Crippen LogP) is 19.5. The molecule has 66 heavy (non-hydrogen) atoms. The van der Waals surface area contributed by atoms with Gasteiger partial charge in [-0.05, 0) is 83.5 Å². The fraction of sp³-hybridized carbons (Fsp3) is 0.770. The van der Waals surface area contributed by atoms with Crippen LogP contribution in [0.1, 0.15) is 278 Å². The Hall–Kier alpha value is -2.66. The van der Waals surface area contributed by atoms with E-state index in [1.54, 1.807) is 0 Å². The van der Waals surface area contributed by atoms with E-state index in [0.29, 0.717) is 19.4 Å². The van der Waals surface area contributed by atoms with Gasteiger partial charge in [-0.2, -0.15) is 0 Å². The molecule has 5 heteroatoms. The van der Waals surface area contributed by atoms with Gasteiger partial charge in [-0.1, -0.05) is 254 Å². The number of carbonyl (C=O) groups excluding carboxylic acids is 2. The Labute approximate surface area is 410 Å². The Morgan fingerprint density at radius 3 is 1.17 bits per heavy atom. The molecule has 0 rings (SSSR count). The van der Waals surface area contributed by atoms with E-state index in [1.165, 1.54) is 161 Å². The monoisotopic (exact) mass is 921 g/mol. The lowest BCUT2D eigenvalue weighted by atomic mass is 10.0. The van der Waals surface area contributed by atoms with Crippen LogP contribution in [0.15, 0.2) is 72.9 Å². The van der Waals surface area contributed by atoms with Gasteiger partial charge in [0.05, 0.1) is 6.61 Å². The lowest BCUT2D eigenvalue weighted by molar-refractivity contribution is -0.163. The van der Waals surface area contributed by atoms with Gasteiger partial charge in [0.2, 0.25) is 0 Å². The highest BCUT2D eigenvalue weighted by Crippen LogP contribution is 2.16. The second-order valence-corrected chi connectivity index (χ2v) is 18.8. The van der Waals surface area contributed by atoms with Crippen molar-refractivity contribution in [3.05, 3.63) is 72.9 Å². The summed E-state index contributed by atoms with van der Waals surface area (Å²) in [4.78, 5) is 25.4. The van der Waals surface area contributed by atoms with E-state index < -0.39 is 6.10 Å². The number of carbonyl (C=O) groups is 2. The van der Waals surface area contributed by atoms with Crippen molar-refractivity contribution in [2.75, 3.05) is 19.8 Å². The zero-order chi connectivity index (χ0) is 47.7. The van der Waals surface area contributed by atoms with Gasteiger partial charge in [-0.15, -0.1) is 0 Å². The van der Waals surface area contributed by atoms with E-state index in [2.05, 4.69) is 93.7 Å². The maximum Gasteiger partial charge on any atom is 0.306 e. The normalized spacial score (nSPS) is 12.7. The second-order valence-electron chi connectivity index (χ2n) is 18.8. The van der Waals surface area contributed by atoms with Crippen LogP contribution in [0, 0.1) is 0 Å². The average Bonchev–Trinajstić information content (AvgIpc) is 3.32. The number of hydrogen-bond acceptors (Lipinski definition) is 5. The van der Waals surface area contributed by atoms with Gasteiger partial charge in [-0.25, -0.2) is 0 Å². The molecule has 5 nitrogen and oxygen atoms in total. The van der Waals surface area contributed by atoms with E-state index in [1.807, 2.05) is 0 Å². The summed E-state index contributed by atoms with van der Waals surface area (Å²) in [6.07, 6.45) is 73.6. The zero-order valence-corrected chi connectivity index (χ0v) is 44.0. The summed E-state index contributed by atoms with van der Waals surface area (Å²) in [5, 5.41) is 0. The molecule has 0 radical (unpaired) electrons. The molecule has 382 valence electrons. The summed E-state index contributed by atoms with van der Waals surface area (Å²) in [7, 11) is 0. The summed E-state index contributed by atoms with van der Waals surface area (Å²) in [5.41, 5.74) is 0. The van der Waals surface area contributed by atoms with Gasteiger partial charge >= 0.3 is 11.9 Å². The molecule has 1 atom stereocenters. The van der Waals surface area contributed by atoms with Crippen LogP contribution in [0.2, 0.25) is 0 Å². The lowest BCUT2D eigenvalue weighted by Gasteiger charge is -2.18.